The molecular weight excluding hydrogens is 196 g/mol. The van der Waals surface area contributed by atoms with Crippen LogP contribution < -0.4 is 0 Å². The van der Waals surface area contributed by atoms with E-state index in [0.29, 0.717) is 12.0 Å². The Bertz CT molecular complexity index is 434. The highest BCUT2D eigenvalue weighted by Gasteiger charge is 2.64. The molecule has 0 amide bonds. The normalized spacial score (nSPS) is 36.8. The second kappa shape index (κ2) is 3.33. The van der Waals surface area contributed by atoms with Crippen LogP contribution in [0.3, 0.4) is 0 Å². The summed E-state index contributed by atoms with van der Waals surface area (Å²) in [6.45, 7) is 4.30. The minimum Gasteiger partial charge on any atom is -0.294 e. The van der Waals surface area contributed by atoms with Crippen LogP contribution in [0.15, 0.2) is 30.3 Å². The fraction of sp³-hybridized carbons (Fsp3) is 0.500. The molecule has 1 saturated heterocycles. The Hall–Kier alpha value is -1.33. The van der Waals surface area contributed by atoms with Crippen molar-refractivity contribution >= 4 is 0 Å². The number of benzene rings is 1. The van der Waals surface area contributed by atoms with Gasteiger partial charge in [-0.15, -0.1) is 0 Å². The number of fused-ring (bicyclic) bond motifs is 1. The predicted octanol–water partition coefficient (Wildman–Crippen LogP) is 2.42. The number of hydrogen-bond acceptors (Lipinski definition) is 2. The van der Waals surface area contributed by atoms with Gasteiger partial charge in [0.05, 0.1) is 11.5 Å². The number of nitriles is 1. The van der Waals surface area contributed by atoms with Gasteiger partial charge in [-0.3, -0.25) is 4.90 Å². The van der Waals surface area contributed by atoms with Crippen LogP contribution in [0.25, 0.3) is 0 Å². The van der Waals surface area contributed by atoms with Crippen molar-refractivity contribution in [3.8, 4) is 6.07 Å². The van der Waals surface area contributed by atoms with Crippen molar-refractivity contribution in [1.29, 1.82) is 5.26 Å². The molecule has 16 heavy (non-hydrogen) atoms. The minimum atomic E-state index is -0.00518. The molecule has 2 aliphatic rings. The standard InChI is InChI=1S/C14H16N2/c1-11-14(10-15)7-13(14)9-16(11)8-12-5-3-2-4-6-12/h2-6,11,13H,7-9H2,1H3/t11?,13-,14-/m0/s1. The van der Waals surface area contributed by atoms with Crippen molar-refractivity contribution in [2.24, 2.45) is 11.3 Å². The first-order chi connectivity index (χ1) is 7.76. The SMILES string of the molecule is CC1N(Cc2ccccc2)C[C@@H]2C[C@]12C#N. The number of piperidine rings is 1. The first-order valence-electron chi connectivity index (χ1n) is 5.95. The van der Waals surface area contributed by atoms with Crippen molar-refractivity contribution in [2.45, 2.75) is 25.9 Å². The van der Waals surface area contributed by atoms with E-state index in [1.165, 1.54) is 5.56 Å². The van der Waals surface area contributed by atoms with Gasteiger partial charge in [-0.1, -0.05) is 30.3 Å². The van der Waals surface area contributed by atoms with Crippen LogP contribution in [-0.2, 0) is 6.54 Å². The Kier molecular flexibility index (Phi) is 2.05. The molecule has 1 aliphatic heterocycles. The van der Waals surface area contributed by atoms with Crippen LogP contribution in [0.5, 0.6) is 0 Å². The van der Waals surface area contributed by atoms with Crippen LogP contribution in [0.1, 0.15) is 18.9 Å². The van der Waals surface area contributed by atoms with Crippen molar-refractivity contribution in [3.63, 3.8) is 0 Å². The van der Waals surface area contributed by atoms with Crippen LogP contribution >= 0.6 is 0 Å². The third kappa shape index (κ3) is 1.28. The number of nitrogens with zero attached hydrogens (tertiary/aromatic N) is 2. The molecule has 0 spiro atoms. The number of likely N-dealkylation sites (tertiary alicyclic amines) is 1. The highest BCUT2D eigenvalue weighted by atomic mass is 15.2. The summed E-state index contributed by atoms with van der Waals surface area (Å²) in [5.74, 6) is 0.635. The van der Waals surface area contributed by atoms with Gasteiger partial charge in [-0.2, -0.15) is 5.26 Å². The molecule has 1 heterocycles. The largest absolute Gasteiger partial charge is 0.294 e. The molecule has 0 aromatic heterocycles. The summed E-state index contributed by atoms with van der Waals surface area (Å²) in [4.78, 5) is 2.45. The van der Waals surface area contributed by atoms with E-state index in [1.807, 2.05) is 6.07 Å². The van der Waals surface area contributed by atoms with Crippen LogP contribution in [0.4, 0.5) is 0 Å². The topological polar surface area (TPSA) is 27.0 Å². The smallest absolute Gasteiger partial charge is 0.0770 e. The quantitative estimate of drug-likeness (QED) is 0.752. The molecule has 1 aromatic carbocycles. The fourth-order valence-corrected chi connectivity index (χ4v) is 3.10. The average Bonchev–Trinajstić information content (AvgIpc) is 2.97. The third-order valence-corrected chi connectivity index (χ3v) is 4.34. The Morgan fingerprint density at radius 3 is 2.81 bits per heavy atom. The van der Waals surface area contributed by atoms with E-state index in [0.717, 1.165) is 19.5 Å². The monoisotopic (exact) mass is 212 g/mol. The van der Waals surface area contributed by atoms with Crippen molar-refractivity contribution in [1.82, 2.24) is 4.90 Å². The summed E-state index contributed by atoms with van der Waals surface area (Å²) in [5.41, 5.74) is 1.35. The fourth-order valence-electron chi connectivity index (χ4n) is 3.10. The summed E-state index contributed by atoms with van der Waals surface area (Å²) >= 11 is 0. The zero-order valence-electron chi connectivity index (χ0n) is 9.56. The lowest BCUT2D eigenvalue weighted by Crippen LogP contribution is -2.33. The summed E-state index contributed by atoms with van der Waals surface area (Å²) in [7, 11) is 0. The van der Waals surface area contributed by atoms with E-state index in [1.54, 1.807) is 0 Å². The van der Waals surface area contributed by atoms with Gasteiger partial charge in [0.15, 0.2) is 0 Å². The predicted molar refractivity (Wildman–Crippen MR) is 62.5 cm³/mol. The third-order valence-electron chi connectivity index (χ3n) is 4.34. The summed E-state index contributed by atoms with van der Waals surface area (Å²) < 4.78 is 0. The van der Waals surface area contributed by atoms with Gasteiger partial charge in [0, 0.05) is 19.1 Å². The first-order valence-corrected chi connectivity index (χ1v) is 5.95. The molecule has 3 rings (SSSR count). The van der Waals surface area contributed by atoms with E-state index < -0.39 is 0 Å². The summed E-state index contributed by atoms with van der Waals surface area (Å²) in [5, 5.41) is 9.24. The average molecular weight is 212 g/mol. The molecule has 1 aromatic rings. The maximum absolute atomic E-state index is 9.24. The Balaban J connectivity index is 1.74. The van der Waals surface area contributed by atoms with Gasteiger partial charge in [0.25, 0.3) is 0 Å². The van der Waals surface area contributed by atoms with E-state index in [2.05, 4.69) is 42.2 Å². The van der Waals surface area contributed by atoms with Gasteiger partial charge in [-0.25, -0.2) is 0 Å². The second-order valence-corrected chi connectivity index (χ2v) is 5.14. The molecule has 0 radical (unpaired) electrons. The van der Waals surface area contributed by atoms with Crippen LogP contribution in [0.2, 0.25) is 0 Å². The molecule has 1 aliphatic carbocycles. The van der Waals surface area contributed by atoms with Crippen molar-refractivity contribution < 1.29 is 0 Å². The van der Waals surface area contributed by atoms with Gasteiger partial charge in [0.2, 0.25) is 0 Å². The molecule has 3 atom stereocenters. The van der Waals surface area contributed by atoms with Crippen molar-refractivity contribution in [2.75, 3.05) is 6.54 Å². The molecule has 2 fully saturated rings. The zero-order chi connectivity index (χ0) is 11.2. The summed E-state index contributed by atoms with van der Waals surface area (Å²) in [6.07, 6.45) is 1.12. The van der Waals surface area contributed by atoms with Gasteiger partial charge in [0.1, 0.15) is 0 Å². The zero-order valence-corrected chi connectivity index (χ0v) is 9.56. The number of hydrogen-bond donors (Lipinski definition) is 0. The summed E-state index contributed by atoms with van der Waals surface area (Å²) in [6, 6.07) is 13.5. The van der Waals surface area contributed by atoms with E-state index >= 15 is 0 Å². The lowest BCUT2D eigenvalue weighted by atomic mass is 10.00. The second-order valence-electron chi connectivity index (χ2n) is 5.14. The van der Waals surface area contributed by atoms with Crippen LogP contribution in [0, 0.1) is 22.7 Å². The molecular formula is C14H16N2. The van der Waals surface area contributed by atoms with Gasteiger partial charge in [-0.05, 0) is 24.8 Å². The highest BCUT2D eigenvalue weighted by Crippen LogP contribution is 2.61. The highest BCUT2D eigenvalue weighted by molar-refractivity contribution is 5.26. The lowest BCUT2D eigenvalue weighted by Gasteiger charge is -2.26. The molecule has 0 N–H and O–H groups in total. The van der Waals surface area contributed by atoms with Crippen LogP contribution in [-0.4, -0.2) is 17.5 Å². The van der Waals surface area contributed by atoms with E-state index in [4.69, 9.17) is 0 Å². The molecule has 1 saturated carbocycles. The Morgan fingerprint density at radius 1 is 1.44 bits per heavy atom. The maximum Gasteiger partial charge on any atom is 0.0770 e. The van der Waals surface area contributed by atoms with Gasteiger partial charge >= 0.3 is 0 Å². The Morgan fingerprint density at radius 2 is 2.19 bits per heavy atom. The number of rotatable bonds is 2. The Labute approximate surface area is 96.5 Å². The molecule has 0 bridgehead atoms. The molecule has 2 nitrogen and oxygen atoms in total. The van der Waals surface area contributed by atoms with Crippen molar-refractivity contribution in [3.05, 3.63) is 35.9 Å². The molecule has 1 unspecified atom stereocenters. The lowest BCUT2D eigenvalue weighted by molar-refractivity contribution is 0.209. The molecule has 82 valence electrons. The van der Waals surface area contributed by atoms with E-state index in [9.17, 15) is 5.26 Å². The van der Waals surface area contributed by atoms with Gasteiger partial charge < -0.3 is 0 Å². The van der Waals surface area contributed by atoms with E-state index in [-0.39, 0.29) is 5.41 Å². The first kappa shape index (κ1) is 9.86. The maximum atomic E-state index is 9.24. The minimum absolute atomic E-state index is 0.00518. The molecule has 2 heteroatoms.